The Bertz CT molecular complexity index is 304. The summed E-state index contributed by atoms with van der Waals surface area (Å²) in [6.07, 6.45) is 0. The molecule has 0 bridgehead atoms. The minimum atomic E-state index is 1.25. The predicted octanol–water partition coefficient (Wildman–Crippen LogP) is 3.82. The minimum absolute atomic E-state index is 1.25. The summed E-state index contributed by atoms with van der Waals surface area (Å²) in [4.78, 5) is 0. The molecule has 0 heterocycles. The van der Waals surface area contributed by atoms with Gasteiger partial charge < -0.3 is 0 Å². The largest absolute Gasteiger partial charge is 0.240 e. The Morgan fingerprint density at radius 1 is 1.15 bits per heavy atom. The average molecular weight is 216 g/mol. The van der Waals surface area contributed by atoms with Crippen LogP contribution >= 0.6 is 11.6 Å². The van der Waals surface area contributed by atoms with Crippen LogP contribution in [0.3, 0.4) is 0 Å². The van der Waals surface area contributed by atoms with E-state index < -0.39 is 0 Å². The van der Waals surface area contributed by atoms with E-state index in [1.54, 1.807) is 0 Å². The summed E-state index contributed by atoms with van der Waals surface area (Å²) in [6, 6.07) is 4.36. The molecular weight excluding hydrogens is 203 g/mol. The van der Waals surface area contributed by atoms with Gasteiger partial charge >= 0.3 is 0 Å². The first-order valence-corrected chi connectivity index (χ1v) is 5.36. The molecule has 0 N–H and O–H groups in total. The zero-order chi connectivity index (χ0) is 9.84. The molecule has 0 aliphatic heterocycles. The first-order valence-electron chi connectivity index (χ1n) is 4.11. The molecule has 0 aliphatic carbocycles. The molecule has 0 spiro atoms. The number of hydrogen-bond donors (Lipinski definition) is 0. The highest BCUT2D eigenvalue weighted by Crippen LogP contribution is 2.20. The zero-order valence-electron chi connectivity index (χ0n) is 8.07. The standard InChI is InChI=1S/C11H13Cl2/c1-8-6-9(2)11(10(3)7-8)13-5-4-12/h4-7H,1-3H3/q+1/b5-4-. The minimum Gasteiger partial charge on any atom is -0.0874 e. The third-order valence-electron chi connectivity index (χ3n) is 1.80. The van der Waals surface area contributed by atoms with E-state index in [1.165, 1.54) is 27.2 Å². The summed E-state index contributed by atoms with van der Waals surface area (Å²) >= 11 is 5.47. The van der Waals surface area contributed by atoms with Crippen LogP contribution in [0.4, 0.5) is 0 Å². The maximum absolute atomic E-state index is 5.47. The van der Waals surface area contributed by atoms with Crippen molar-refractivity contribution in [3.63, 3.8) is 0 Å². The molecule has 0 saturated heterocycles. The summed E-state index contributed by atoms with van der Waals surface area (Å²) < 4.78 is 0. The van der Waals surface area contributed by atoms with Crippen molar-refractivity contribution >= 4 is 11.6 Å². The van der Waals surface area contributed by atoms with Gasteiger partial charge in [-0.2, -0.15) is 0 Å². The number of halogens is 2. The van der Waals surface area contributed by atoms with E-state index in [1.807, 2.05) is 5.54 Å². The molecule has 0 unspecified atom stereocenters. The summed E-state index contributed by atoms with van der Waals surface area (Å²) in [5.74, 6) is 0. The predicted molar refractivity (Wildman–Crippen MR) is 54.8 cm³/mol. The van der Waals surface area contributed by atoms with Gasteiger partial charge in [-0.1, -0.05) is 29.3 Å². The maximum atomic E-state index is 5.47. The van der Waals surface area contributed by atoms with Gasteiger partial charge in [0.1, 0.15) is 0 Å². The van der Waals surface area contributed by atoms with Gasteiger partial charge in [-0.25, -0.2) is 0 Å². The van der Waals surface area contributed by atoms with Gasteiger partial charge in [0.25, 0.3) is 0 Å². The van der Waals surface area contributed by atoms with E-state index in [2.05, 4.69) is 43.7 Å². The molecule has 1 aromatic rings. The topological polar surface area (TPSA) is 0 Å². The molecule has 0 saturated carbocycles. The smallest absolute Gasteiger partial charge is 0.0874 e. The average Bonchev–Trinajstić information content (AvgIpc) is 2.02. The molecule has 13 heavy (non-hydrogen) atoms. The summed E-state index contributed by atoms with van der Waals surface area (Å²) in [5, 5.41) is 1.25. The maximum Gasteiger partial charge on any atom is 0.240 e. The van der Waals surface area contributed by atoms with Crippen molar-refractivity contribution in [1.29, 1.82) is 0 Å². The van der Waals surface area contributed by atoms with Crippen LogP contribution in [0.5, 0.6) is 0 Å². The van der Waals surface area contributed by atoms with Crippen molar-refractivity contribution in [3.8, 4) is 0 Å². The van der Waals surface area contributed by atoms with Gasteiger partial charge in [0.15, 0.2) is 0 Å². The van der Waals surface area contributed by atoms with Crippen LogP contribution in [-0.2, 0) is 0 Å². The summed E-state index contributed by atoms with van der Waals surface area (Å²) in [5.41, 5.74) is 7.25. The zero-order valence-corrected chi connectivity index (χ0v) is 9.58. The molecule has 2 heteroatoms. The van der Waals surface area contributed by atoms with Crippen molar-refractivity contribution in [1.82, 2.24) is 0 Å². The lowest BCUT2D eigenvalue weighted by Crippen LogP contribution is -1.89. The second-order valence-corrected chi connectivity index (χ2v) is 4.17. The Balaban J connectivity index is 3.05. The van der Waals surface area contributed by atoms with E-state index in [-0.39, 0.29) is 0 Å². The lowest BCUT2D eigenvalue weighted by Gasteiger charge is -1.98. The molecule has 0 amide bonds. The van der Waals surface area contributed by atoms with E-state index in [9.17, 15) is 0 Å². The molecule has 1 rings (SSSR count). The summed E-state index contributed by atoms with van der Waals surface area (Å²) in [6.45, 7) is 6.34. The van der Waals surface area contributed by atoms with Crippen LogP contribution in [0.1, 0.15) is 16.7 Å². The highest BCUT2D eigenvalue weighted by Gasteiger charge is 2.14. The quantitative estimate of drug-likeness (QED) is 0.704. The van der Waals surface area contributed by atoms with Gasteiger partial charge in [0.05, 0.1) is 5.54 Å². The highest BCUT2D eigenvalue weighted by atomic mass is 35.5. The molecule has 70 valence electrons. The SMILES string of the molecule is Cc1cc(C)c([Cl+]/C=C\Cl)c(C)c1. The molecule has 0 nitrogen and oxygen atoms in total. The normalized spacial score (nSPS) is 11.1. The lowest BCUT2D eigenvalue weighted by atomic mass is 10.1. The van der Waals surface area contributed by atoms with E-state index in [4.69, 9.17) is 11.6 Å². The number of hydrogen-bond acceptors (Lipinski definition) is 0. The van der Waals surface area contributed by atoms with Crippen LogP contribution in [0.2, 0.25) is 5.02 Å². The van der Waals surface area contributed by atoms with Gasteiger partial charge in [-0.05, 0) is 20.8 Å². The Morgan fingerprint density at radius 2 is 1.69 bits per heavy atom. The molecular formula is C11H13Cl2+. The second kappa shape index (κ2) is 4.69. The Morgan fingerprint density at radius 3 is 2.15 bits per heavy atom. The molecule has 1 aromatic carbocycles. The fourth-order valence-corrected chi connectivity index (χ4v) is 2.19. The summed E-state index contributed by atoms with van der Waals surface area (Å²) in [7, 11) is 2.16. The van der Waals surface area contributed by atoms with Gasteiger partial charge in [0.2, 0.25) is 21.4 Å². The molecule has 0 fully saturated rings. The highest BCUT2D eigenvalue weighted by molar-refractivity contribution is 6.25. The second-order valence-electron chi connectivity index (χ2n) is 3.07. The van der Waals surface area contributed by atoms with Crippen molar-refractivity contribution < 1.29 is 10.8 Å². The number of rotatable bonds is 2. The fraction of sp³-hybridized carbons (Fsp3) is 0.273. The Kier molecular flexibility index (Phi) is 3.83. The van der Waals surface area contributed by atoms with E-state index >= 15 is 0 Å². The van der Waals surface area contributed by atoms with E-state index in [0.717, 1.165) is 0 Å². The van der Waals surface area contributed by atoms with Gasteiger partial charge in [0, 0.05) is 11.1 Å². The fourth-order valence-electron chi connectivity index (χ4n) is 1.42. The first kappa shape index (κ1) is 10.6. The molecule has 0 aromatic heterocycles. The van der Waals surface area contributed by atoms with E-state index in [0.29, 0.717) is 0 Å². The Labute approximate surface area is 88.3 Å². The third kappa shape index (κ3) is 2.75. The Hall–Kier alpha value is -0.460. The number of benzene rings is 1. The lowest BCUT2D eigenvalue weighted by molar-refractivity contribution is -0.525. The van der Waals surface area contributed by atoms with Crippen LogP contribution in [0, 0.1) is 31.6 Å². The molecule has 0 atom stereocenters. The number of aryl methyl sites for hydroxylation is 3. The monoisotopic (exact) mass is 215 g/mol. The van der Waals surface area contributed by atoms with Crippen molar-refractivity contribution in [2.45, 2.75) is 20.8 Å². The van der Waals surface area contributed by atoms with Crippen LogP contribution in [-0.4, -0.2) is 0 Å². The first-order chi connectivity index (χ1) is 6.15. The van der Waals surface area contributed by atoms with Gasteiger partial charge in [-0.3, -0.25) is 0 Å². The van der Waals surface area contributed by atoms with Crippen molar-refractivity contribution in [2.75, 3.05) is 0 Å². The third-order valence-corrected chi connectivity index (χ3v) is 3.12. The molecule has 0 radical (unpaired) electrons. The van der Waals surface area contributed by atoms with Crippen LogP contribution in [0.25, 0.3) is 0 Å². The van der Waals surface area contributed by atoms with Crippen LogP contribution < -0.4 is 0 Å². The van der Waals surface area contributed by atoms with Crippen molar-refractivity contribution in [3.05, 3.63) is 44.9 Å². The van der Waals surface area contributed by atoms with Crippen LogP contribution in [0.15, 0.2) is 23.2 Å². The molecule has 0 aliphatic rings. The van der Waals surface area contributed by atoms with Crippen molar-refractivity contribution in [2.24, 2.45) is 0 Å². The van der Waals surface area contributed by atoms with Gasteiger partial charge in [-0.15, -0.1) is 0 Å².